The van der Waals surface area contributed by atoms with E-state index >= 15 is 0 Å². The van der Waals surface area contributed by atoms with Gasteiger partial charge in [0.05, 0.1) is 12.1 Å². The van der Waals surface area contributed by atoms with E-state index in [-0.39, 0.29) is 18.2 Å². The van der Waals surface area contributed by atoms with Gasteiger partial charge in [0, 0.05) is 23.6 Å². The molecule has 3 aromatic rings. The van der Waals surface area contributed by atoms with Crippen LogP contribution >= 0.6 is 0 Å². The van der Waals surface area contributed by atoms with Crippen molar-refractivity contribution in [1.29, 1.82) is 0 Å². The fourth-order valence-corrected chi connectivity index (χ4v) is 2.84. The molecule has 2 aromatic heterocycles. The second kappa shape index (κ2) is 6.84. The summed E-state index contributed by atoms with van der Waals surface area (Å²) in [5.41, 5.74) is 6.82. The minimum Gasteiger partial charge on any atom is -0.454 e. The summed E-state index contributed by atoms with van der Waals surface area (Å²) in [5.74, 6) is 0.220. The van der Waals surface area contributed by atoms with E-state index in [0.717, 1.165) is 17.4 Å². The number of nitrogens with two attached hydrogens (primary N) is 1. The molecule has 130 valence electrons. The molecule has 0 fully saturated rings. The summed E-state index contributed by atoms with van der Waals surface area (Å²) < 4.78 is 7.39. The highest BCUT2D eigenvalue weighted by Crippen LogP contribution is 2.22. The fraction of sp³-hybridized carbons (Fsp3) is 0.263. The Labute approximate surface area is 145 Å². The number of nitrogens with zero attached hydrogens (tertiary/aromatic N) is 1. The Hall–Kier alpha value is -3.02. The smallest absolute Gasteiger partial charge is 0.284 e. The Balaban J connectivity index is 1.80. The van der Waals surface area contributed by atoms with Crippen LogP contribution in [0.25, 0.3) is 10.9 Å². The summed E-state index contributed by atoms with van der Waals surface area (Å²) in [5, 5.41) is 3.74. The van der Waals surface area contributed by atoms with Crippen LogP contribution in [0, 0.1) is 5.92 Å². The highest BCUT2D eigenvalue weighted by Gasteiger charge is 2.16. The number of nitrogens with one attached hydrogen (secondary N) is 1. The maximum atomic E-state index is 12.6. The van der Waals surface area contributed by atoms with Crippen molar-refractivity contribution in [2.45, 2.75) is 26.9 Å². The molecule has 0 atom stereocenters. The van der Waals surface area contributed by atoms with Crippen LogP contribution in [0.4, 0.5) is 0 Å². The number of fused-ring (bicyclic) bond motifs is 1. The summed E-state index contributed by atoms with van der Waals surface area (Å²) in [6.45, 7) is 5.31. The SMILES string of the molecule is CC(C)Cn1cc(C(=O)NCc2ccc(C(N)=O)o2)c2ccccc21. The maximum absolute atomic E-state index is 12.6. The minimum absolute atomic E-state index is 0.0813. The topological polar surface area (TPSA) is 90.3 Å². The van der Waals surface area contributed by atoms with E-state index in [9.17, 15) is 9.59 Å². The average Bonchev–Trinajstić information content (AvgIpc) is 3.18. The van der Waals surface area contributed by atoms with Gasteiger partial charge in [-0.25, -0.2) is 0 Å². The molecule has 0 aliphatic carbocycles. The lowest BCUT2D eigenvalue weighted by molar-refractivity contribution is 0.0949. The Morgan fingerprint density at radius 3 is 2.64 bits per heavy atom. The van der Waals surface area contributed by atoms with E-state index < -0.39 is 5.91 Å². The third kappa shape index (κ3) is 3.57. The standard InChI is InChI=1S/C19H21N3O3/c1-12(2)10-22-11-15(14-5-3-4-6-16(14)22)19(24)21-9-13-7-8-17(25-13)18(20)23/h3-8,11-12H,9-10H2,1-2H3,(H2,20,23)(H,21,24). The molecule has 2 heterocycles. The van der Waals surface area contributed by atoms with Gasteiger partial charge in [-0.05, 0) is 24.1 Å². The number of primary amides is 1. The first kappa shape index (κ1) is 16.8. The number of carbonyl (C=O) groups is 2. The molecule has 0 saturated carbocycles. The number of aromatic nitrogens is 1. The molecule has 6 nitrogen and oxygen atoms in total. The third-order valence-electron chi connectivity index (χ3n) is 3.92. The first-order chi connectivity index (χ1) is 12.0. The molecule has 25 heavy (non-hydrogen) atoms. The van der Waals surface area contributed by atoms with Crippen LogP contribution in [0.2, 0.25) is 0 Å². The predicted molar refractivity (Wildman–Crippen MR) is 95.2 cm³/mol. The Bertz CT molecular complexity index is 921. The lowest BCUT2D eigenvalue weighted by Crippen LogP contribution is -2.22. The molecule has 0 aliphatic heterocycles. The van der Waals surface area contributed by atoms with Crippen LogP contribution in [0.15, 0.2) is 47.0 Å². The summed E-state index contributed by atoms with van der Waals surface area (Å²) in [7, 11) is 0. The molecule has 6 heteroatoms. The van der Waals surface area contributed by atoms with Gasteiger partial charge in [-0.1, -0.05) is 32.0 Å². The molecule has 0 spiro atoms. The zero-order chi connectivity index (χ0) is 18.0. The average molecular weight is 339 g/mol. The zero-order valence-corrected chi connectivity index (χ0v) is 14.3. The molecule has 0 bridgehead atoms. The van der Waals surface area contributed by atoms with E-state index in [1.165, 1.54) is 6.07 Å². The fourth-order valence-electron chi connectivity index (χ4n) is 2.84. The molecular formula is C19H21N3O3. The lowest BCUT2D eigenvalue weighted by atomic mass is 10.1. The van der Waals surface area contributed by atoms with Gasteiger partial charge in [0.1, 0.15) is 5.76 Å². The molecule has 3 N–H and O–H groups in total. The second-order valence-electron chi connectivity index (χ2n) is 6.42. The van der Waals surface area contributed by atoms with Crippen LogP contribution in [0.1, 0.15) is 40.5 Å². The van der Waals surface area contributed by atoms with Gasteiger partial charge in [0.2, 0.25) is 0 Å². The number of benzene rings is 1. The minimum atomic E-state index is -0.630. The van der Waals surface area contributed by atoms with Gasteiger partial charge in [-0.15, -0.1) is 0 Å². The van der Waals surface area contributed by atoms with Crippen molar-refractivity contribution in [3.05, 3.63) is 59.7 Å². The van der Waals surface area contributed by atoms with E-state index in [4.69, 9.17) is 10.2 Å². The first-order valence-corrected chi connectivity index (χ1v) is 8.20. The number of furan rings is 1. The Kier molecular flexibility index (Phi) is 4.61. The predicted octanol–water partition coefficient (Wildman–Crippen LogP) is 2.92. The first-order valence-electron chi connectivity index (χ1n) is 8.20. The van der Waals surface area contributed by atoms with Crippen molar-refractivity contribution in [3.8, 4) is 0 Å². The van der Waals surface area contributed by atoms with Crippen molar-refractivity contribution in [2.75, 3.05) is 0 Å². The van der Waals surface area contributed by atoms with Crippen molar-refractivity contribution in [2.24, 2.45) is 11.7 Å². The summed E-state index contributed by atoms with van der Waals surface area (Å²) in [6, 6.07) is 11.0. The third-order valence-corrected chi connectivity index (χ3v) is 3.92. The molecule has 3 rings (SSSR count). The highest BCUT2D eigenvalue weighted by molar-refractivity contribution is 6.07. The Morgan fingerprint density at radius 1 is 1.20 bits per heavy atom. The normalized spacial score (nSPS) is 11.2. The summed E-state index contributed by atoms with van der Waals surface area (Å²) in [6.07, 6.45) is 1.89. The molecule has 0 saturated heterocycles. The summed E-state index contributed by atoms with van der Waals surface area (Å²) >= 11 is 0. The van der Waals surface area contributed by atoms with Gasteiger partial charge in [0.25, 0.3) is 11.8 Å². The van der Waals surface area contributed by atoms with E-state index in [1.807, 2.05) is 30.5 Å². The summed E-state index contributed by atoms with van der Waals surface area (Å²) in [4.78, 5) is 23.7. The number of para-hydroxylation sites is 1. The van der Waals surface area contributed by atoms with Crippen molar-refractivity contribution in [1.82, 2.24) is 9.88 Å². The van der Waals surface area contributed by atoms with Gasteiger partial charge in [0.15, 0.2) is 5.76 Å². The van der Waals surface area contributed by atoms with Crippen molar-refractivity contribution < 1.29 is 14.0 Å². The molecule has 0 unspecified atom stereocenters. The highest BCUT2D eigenvalue weighted by atomic mass is 16.4. The largest absolute Gasteiger partial charge is 0.454 e. The molecule has 2 amide bonds. The number of hydrogen-bond donors (Lipinski definition) is 2. The van der Waals surface area contributed by atoms with Crippen molar-refractivity contribution >= 4 is 22.7 Å². The second-order valence-corrected chi connectivity index (χ2v) is 6.42. The maximum Gasteiger partial charge on any atom is 0.284 e. The quantitative estimate of drug-likeness (QED) is 0.723. The van der Waals surface area contributed by atoms with E-state index in [1.54, 1.807) is 6.07 Å². The zero-order valence-electron chi connectivity index (χ0n) is 14.3. The van der Waals surface area contributed by atoms with Crippen molar-refractivity contribution in [3.63, 3.8) is 0 Å². The molecule has 0 aliphatic rings. The van der Waals surface area contributed by atoms with Crippen LogP contribution < -0.4 is 11.1 Å². The monoisotopic (exact) mass is 339 g/mol. The Morgan fingerprint density at radius 2 is 1.96 bits per heavy atom. The van der Waals surface area contributed by atoms with E-state index in [0.29, 0.717) is 17.2 Å². The van der Waals surface area contributed by atoms with Gasteiger partial charge < -0.3 is 20.0 Å². The van der Waals surface area contributed by atoms with Gasteiger partial charge in [-0.2, -0.15) is 0 Å². The van der Waals surface area contributed by atoms with Crippen LogP contribution in [0.5, 0.6) is 0 Å². The van der Waals surface area contributed by atoms with Crippen LogP contribution in [-0.2, 0) is 13.1 Å². The molecule has 1 aromatic carbocycles. The van der Waals surface area contributed by atoms with Gasteiger partial charge in [-0.3, -0.25) is 9.59 Å². The van der Waals surface area contributed by atoms with Gasteiger partial charge >= 0.3 is 0 Å². The lowest BCUT2D eigenvalue weighted by Gasteiger charge is -2.07. The number of rotatable bonds is 6. The molecular weight excluding hydrogens is 318 g/mol. The molecule has 0 radical (unpaired) electrons. The number of hydrogen-bond acceptors (Lipinski definition) is 3. The van der Waals surface area contributed by atoms with E-state index in [2.05, 4.69) is 23.7 Å². The number of amides is 2. The number of carbonyl (C=O) groups excluding carboxylic acids is 2. The van der Waals surface area contributed by atoms with Crippen LogP contribution in [0.3, 0.4) is 0 Å². The van der Waals surface area contributed by atoms with Crippen LogP contribution in [-0.4, -0.2) is 16.4 Å².